The Hall–Kier alpha value is -0.220. The molecule has 2 unspecified atom stereocenters. The zero-order valence-electron chi connectivity index (χ0n) is 8.82. The van der Waals surface area contributed by atoms with Crippen LogP contribution in [0.1, 0.15) is 26.2 Å². The molecule has 0 aliphatic heterocycles. The van der Waals surface area contributed by atoms with E-state index in [1.54, 1.807) is 11.8 Å². The van der Waals surface area contributed by atoms with E-state index in [-0.39, 0.29) is 29.7 Å². The largest absolute Gasteiger partial charge is 0.395 e. The van der Waals surface area contributed by atoms with Gasteiger partial charge >= 0.3 is 0 Å². The smallest absolute Gasteiger partial charge is 0.223 e. The fourth-order valence-electron chi connectivity index (χ4n) is 1.54. The van der Waals surface area contributed by atoms with Crippen LogP contribution in [0.25, 0.3) is 0 Å². The highest BCUT2D eigenvalue weighted by Gasteiger charge is 2.27. The van der Waals surface area contributed by atoms with Crippen LogP contribution < -0.4 is 5.32 Å². The molecule has 0 aromatic heterocycles. The van der Waals surface area contributed by atoms with Crippen molar-refractivity contribution < 1.29 is 9.90 Å². The van der Waals surface area contributed by atoms with Gasteiger partial charge < -0.3 is 10.4 Å². The third-order valence-electron chi connectivity index (χ3n) is 2.89. The molecule has 1 amide bonds. The Labute approximate surface area is 89.6 Å². The molecule has 0 aromatic rings. The van der Waals surface area contributed by atoms with E-state index in [1.165, 1.54) is 6.42 Å². The summed E-state index contributed by atoms with van der Waals surface area (Å²) in [4.78, 5) is 11.6. The molecule has 1 saturated carbocycles. The molecule has 1 rings (SSSR count). The van der Waals surface area contributed by atoms with E-state index >= 15 is 0 Å². The van der Waals surface area contributed by atoms with Gasteiger partial charge in [-0.05, 0) is 26.0 Å². The average molecular weight is 217 g/mol. The van der Waals surface area contributed by atoms with E-state index in [1.807, 2.05) is 13.2 Å². The van der Waals surface area contributed by atoms with Crippen molar-refractivity contribution in [1.29, 1.82) is 0 Å². The zero-order valence-corrected chi connectivity index (χ0v) is 9.64. The number of rotatable bonds is 5. The second-order valence-electron chi connectivity index (χ2n) is 3.88. The third-order valence-corrected chi connectivity index (χ3v) is 4.05. The molecule has 1 aliphatic carbocycles. The standard InChI is InChI=1S/C10H19NO2S/c1-7(9(6-12)14-2)11-10(13)8-4-3-5-8/h7-9,12H,3-6H2,1-2H3,(H,11,13). The summed E-state index contributed by atoms with van der Waals surface area (Å²) >= 11 is 1.59. The molecule has 2 N–H and O–H groups in total. The minimum atomic E-state index is 0.0584. The summed E-state index contributed by atoms with van der Waals surface area (Å²) in [6, 6.07) is 0.0584. The Kier molecular flexibility index (Phi) is 4.75. The van der Waals surface area contributed by atoms with E-state index in [2.05, 4.69) is 5.32 Å². The monoisotopic (exact) mass is 217 g/mol. The maximum atomic E-state index is 11.6. The van der Waals surface area contributed by atoms with Gasteiger partial charge in [-0.15, -0.1) is 0 Å². The molecule has 82 valence electrons. The summed E-state index contributed by atoms with van der Waals surface area (Å²) < 4.78 is 0. The molecule has 3 nitrogen and oxygen atoms in total. The average Bonchev–Trinajstić information content (AvgIpc) is 2.02. The van der Waals surface area contributed by atoms with Gasteiger partial charge in [0.25, 0.3) is 0 Å². The predicted molar refractivity (Wildman–Crippen MR) is 59.3 cm³/mol. The second kappa shape index (κ2) is 5.61. The van der Waals surface area contributed by atoms with Gasteiger partial charge in [-0.3, -0.25) is 4.79 Å². The molecule has 14 heavy (non-hydrogen) atoms. The lowest BCUT2D eigenvalue weighted by Crippen LogP contribution is -2.45. The maximum Gasteiger partial charge on any atom is 0.223 e. The number of hydrogen-bond acceptors (Lipinski definition) is 3. The molecule has 1 fully saturated rings. The number of carbonyl (C=O) groups excluding carboxylic acids is 1. The van der Waals surface area contributed by atoms with Gasteiger partial charge in [-0.2, -0.15) is 11.8 Å². The van der Waals surface area contributed by atoms with Gasteiger partial charge in [0.05, 0.1) is 6.61 Å². The number of carbonyl (C=O) groups is 1. The number of aliphatic hydroxyl groups excluding tert-OH is 1. The highest BCUT2D eigenvalue weighted by Crippen LogP contribution is 2.26. The van der Waals surface area contributed by atoms with Crippen LogP contribution in [-0.2, 0) is 4.79 Å². The molecule has 0 aromatic carbocycles. The topological polar surface area (TPSA) is 49.3 Å². The molecule has 0 bridgehead atoms. The van der Waals surface area contributed by atoms with Crippen molar-refractivity contribution in [3.8, 4) is 0 Å². The van der Waals surface area contributed by atoms with Crippen LogP contribution in [0.3, 0.4) is 0 Å². The Bertz CT molecular complexity index is 191. The summed E-state index contributed by atoms with van der Waals surface area (Å²) in [5.41, 5.74) is 0. The normalized spacial score (nSPS) is 21.1. The van der Waals surface area contributed by atoms with Crippen LogP contribution in [0.2, 0.25) is 0 Å². The van der Waals surface area contributed by atoms with Crippen molar-refractivity contribution in [2.45, 2.75) is 37.5 Å². The van der Waals surface area contributed by atoms with E-state index in [0.29, 0.717) is 0 Å². The Morgan fingerprint density at radius 2 is 2.29 bits per heavy atom. The van der Waals surface area contributed by atoms with Crippen LogP contribution >= 0.6 is 11.8 Å². The predicted octanol–water partition coefficient (Wildman–Crippen LogP) is 1.02. The third kappa shape index (κ3) is 2.89. The quantitative estimate of drug-likeness (QED) is 0.723. The van der Waals surface area contributed by atoms with Gasteiger partial charge in [-0.25, -0.2) is 0 Å². The van der Waals surface area contributed by atoms with Gasteiger partial charge in [0, 0.05) is 17.2 Å². The highest BCUT2D eigenvalue weighted by atomic mass is 32.2. The summed E-state index contributed by atoms with van der Waals surface area (Å²) in [5.74, 6) is 0.398. The van der Waals surface area contributed by atoms with Crippen LogP contribution in [0, 0.1) is 5.92 Å². The summed E-state index contributed by atoms with van der Waals surface area (Å²) in [6.07, 6.45) is 5.19. The molecule has 0 saturated heterocycles. The molecule has 0 spiro atoms. The van der Waals surface area contributed by atoms with Crippen molar-refractivity contribution in [1.82, 2.24) is 5.32 Å². The molecule has 0 radical (unpaired) electrons. The van der Waals surface area contributed by atoms with E-state index in [0.717, 1.165) is 12.8 Å². The van der Waals surface area contributed by atoms with Crippen molar-refractivity contribution >= 4 is 17.7 Å². The van der Waals surface area contributed by atoms with Crippen LogP contribution in [-0.4, -0.2) is 35.2 Å². The van der Waals surface area contributed by atoms with E-state index < -0.39 is 0 Å². The maximum absolute atomic E-state index is 11.6. The van der Waals surface area contributed by atoms with Crippen molar-refractivity contribution in [3.63, 3.8) is 0 Å². The number of nitrogens with one attached hydrogen (secondary N) is 1. The highest BCUT2D eigenvalue weighted by molar-refractivity contribution is 7.99. The van der Waals surface area contributed by atoms with Gasteiger partial charge in [0.15, 0.2) is 0 Å². The summed E-state index contributed by atoms with van der Waals surface area (Å²) in [7, 11) is 0. The summed E-state index contributed by atoms with van der Waals surface area (Å²) in [5, 5.41) is 12.1. The van der Waals surface area contributed by atoms with Crippen LogP contribution in [0.4, 0.5) is 0 Å². The lowest BCUT2D eigenvalue weighted by Gasteiger charge is -2.28. The first-order chi connectivity index (χ1) is 6.69. The molecule has 0 heterocycles. The van der Waals surface area contributed by atoms with Crippen LogP contribution in [0.5, 0.6) is 0 Å². The fraction of sp³-hybridized carbons (Fsp3) is 0.900. The Morgan fingerprint density at radius 1 is 1.64 bits per heavy atom. The number of amides is 1. The van der Waals surface area contributed by atoms with Gasteiger partial charge in [0.2, 0.25) is 5.91 Å². The fourth-order valence-corrected chi connectivity index (χ4v) is 2.17. The first-order valence-corrected chi connectivity index (χ1v) is 6.41. The number of aliphatic hydroxyl groups is 1. The van der Waals surface area contributed by atoms with E-state index in [4.69, 9.17) is 5.11 Å². The van der Waals surface area contributed by atoms with Crippen molar-refractivity contribution in [2.24, 2.45) is 5.92 Å². The first-order valence-electron chi connectivity index (χ1n) is 5.13. The molecule has 1 aliphatic rings. The van der Waals surface area contributed by atoms with Gasteiger partial charge in [0.1, 0.15) is 0 Å². The Balaban J connectivity index is 2.30. The lowest BCUT2D eigenvalue weighted by atomic mass is 9.84. The minimum Gasteiger partial charge on any atom is -0.395 e. The molecular formula is C10H19NO2S. The van der Waals surface area contributed by atoms with E-state index in [9.17, 15) is 4.79 Å². The zero-order chi connectivity index (χ0) is 10.6. The second-order valence-corrected chi connectivity index (χ2v) is 4.96. The lowest BCUT2D eigenvalue weighted by molar-refractivity contribution is -0.128. The van der Waals surface area contributed by atoms with Crippen LogP contribution in [0.15, 0.2) is 0 Å². The van der Waals surface area contributed by atoms with Crippen molar-refractivity contribution in [2.75, 3.05) is 12.9 Å². The minimum absolute atomic E-state index is 0.0584. The number of hydrogen-bond donors (Lipinski definition) is 2. The van der Waals surface area contributed by atoms with Crippen molar-refractivity contribution in [3.05, 3.63) is 0 Å². The first kappa shape index (κ1) is 11.9. The Morgan fingerprint density at radius 3 is 2.64 bits per heavy atom. The summed E-state index contributed by atoms with van der Waals surface area (Å²) in [6.45, 7) is 2.07. The number of thioether (sulfide) groups is 1. The molecule has 4 heteroatoms. The van der Waals surface area contributed by atoms with Gasteiger partial charge in [-0.1, -0.05) is 6.42 Å². The SMILES string of the molecule is CSC(CO)C(C)NC(=O)C1CCC1. The molecule has 2 atom stereocenters. The molecular weight excluding hydrogens is 198 g/mol.